The molecule has 0 radical (unpaired) electrons. The van der Waals surface area contributed by atoms with Gasteiger partial charge in [0.25, 0.3) is 5.91 Å². The molecule has 1 N–H and O–H groups in total. The second kappa shape index (κ2) is 7.73. The first-order chi connectivity index (χ1) is 12.2. The van der Waals surface area contributed by atoms with Gasteiger partial charge in [0.05, 0.1) is 6.21 Å². The molecule has 0 bridgehead atoms. The van der Waals surface area contributed by atoms with Crippen LogP contribution in [0.1, 0.15) is 15.9 Å². The Bertz CT molecular complexity index is 874. The molecule has 0 unspecified atom stereocenters. The summed E-state index contributed by atoms with van der Waals surface area (Å²) in [6.07, 6.45) is 6.69. The van der Waals surface area contributed by atoms with Crippen LogP contribution in [0.2, 0.25) is 0 Å². The fourth-order valence-corrected chi connectivity index (χ4v) is 2.51. The number of benzene rings is 2. The molecule has 3 rings (SSSR count). The molecule has 126 valence electrons. The number of carbonyl (C=O) groups excluding carboxylic acids is 1. The summed E-state index contributed by atoms with van der Waals surface area (Å²) in [4.78, 5) is 12.2. The SMILES string of the molecule is C#CCOc1ccc(Br)cc1/C=N\NC(=O)c1ccc2c(c1)OCO2. The summed E-state index contributed by atoms with van der Waals surface area (Å²) in [5, 5.41) is 3.97. The molecule has 1 amide bonds. The van der Waals surface area contributed by atoms with Gasteiger partial charge in [0.2, 0.25) is 6.79 Å². The number of carbonyl (C=O) groups is 1. The van der Waals surface area contributed by atoms with Crippen LogP contribution in [0.25, 0.3) is 0 Å². The smallest absolute Gasteiger partial charge is 0.271 e. The summed E-state index contributed by atoms with van der Waals surface area (Å²) in [7, 11) is 0. The van der Waals surface area contributed by atoms with Crippen molar-refractivity contribution in [3.05, 3.63) is 52.0 Å². The van der Waals surface area contributed by atoms with Crippen molar-refractivity contribution in [1.29, 1.82) is 0 Å². The molecule has 6 nitrogen and oxygen atoms in total. The largest absolute Gasteiger partial charge is 0.480 e. The van der Waals surface area contributed by atoms with Crippen molar-refractivity contribution in [2.75, 3.05) is 13.4 Å². The minimum Gasteiger partial charge on any atom is -0.480 e. The van der Waals surface area contributed by atoms with Gasteiger partial charge in [0.15, 0.2) is 11.5 Å². The van der Waals surface area contributed by atoms with Gasteiger partial charge >= 0.3 is 0 Å². The maximum Gasteiger partial charge on any atom is 0.271 e. The number of ether oxygens (including phenoxy) is 3. The van der Waals surface area contributed by atoms with E-state index >= 15 is 0 Å². The molecule has 2 aromatic rings. The van der Waals surface area contributed by atoms with E-state index in [0.717, 1.165) is 4.47 Å². The summed E-state index contributed by atoms with van der Waals surface area (Å²) in [6, 6.07) is 10.3. The lowest BCUT2D eigenvalue weighted by molar-refractivity contribution is 0.0954. The standard InChI is InChI=1S/C18H13BrN2O4/c1-2-7-23-15-6-4-14(19)8-13(15)10-20-21-18(22)12-3-5-16-17(9-12)25-11-24-16/h1,3-6,8-10H,7,11H2,(H,21,22)/b20-10-. The third-order valence-corrected chi connectivity index (χ3v) is 3.78. The Morgan fingerprint density at radius 2 is 2.16 bits per heavy atom. The monoisotopic (exact) mass is 400 g/mol. The molecule has 7 heteroatoms. The van der Waals surface area contributed by atoms with Crippen molar-refractivity contribution < 1.29 is 19.0 Å². The Kier molecular flexibility index (Phi) is 5.21. The van der Waals surface area contributed by atoms with Crippen LogP contribution in [0, 0.1) is 12.3 Å². The zero-order valence-electron chi connectivity index (χ0n) is 13.0. The third-order valence-electron chi connectivity index (χ3n) is 3.29. The van der Waals surface area contributed by atoms with Gasteiger partial charge in [-0.1, -0.05) is 21.9 Å². The third kappa shape index (κ3) is 4.11. The molecule has 1 aliphatic rings. The second-order valence-corrected chi connectivity index (χ2v) is 5.86. The van der Waals surface area contributed by atoms with Crippen molar-refractivity contribution in [3.63, 3.8) is 0 Å². The zero-order chi connectivity index (χ0) is 17.6. The molecule has 0 saturated carbocycles. The van der Waals surface area contributed by atoms with Gasteiger partial charge in [-0.25, -0.2) is 5.43 Å². The number of hydrazone groups is 1. The number of nitrogens with one attached hydrogen (secondary N) is 1. The Labute approximate surface area is 152 Å². The molecule has 1 aliphatic heterocycles. The first kappa shape index (κ1) is 16.9. The summed E-state index contributed by atoms with van der Waals surface area (Å²) in [6.45, 7) is 0.300. The summed E-state index contributed by atoms with van der Waals surface area (Å²) >= 11 is 3.38. The van der Waals surface area contributed by atoms with Crippen LogP contribution in [0.5, 0.6) is 17.2 Å². The van der Waals surface area contributed by atoms with Crippen LogP contribution in [-0.2, 0) is 0 Å². The summed E-state index contributed by atoms with van der Waals surface area (Å²) in [5.41, 5.74) is 3.56. The average Bonchev–Trinajstić information content (AvgIpc) is 3.08. The first-order valence-corrected chi connectivity index (χ1v) is 8.05. The van der Waals surface area contributed by atoms with Crippen LogP contribution in [-0.4, -0.2) is 25.5 Å². The zero-order valence-corrected chi connectivity index (χ0v) is 14.6. The number of rotatable bonds is 5. The Morgan fingerprint density at radius 3 is 3.00 bits per heavy atom. The summed E-state index contributed by atoms with van der Waals surface area (Å²) in [5.74, 6) is 3.76. The van der Waals surface area contributed by atoms with Crippen molar-refractivity contribution >= 4 is 28.1 Å². The fourth-order valence-electron chi connectivity index (χ4n) is 2.13. The number of hydrogen-bond acceptors (Lipinski definition) is 5. The number of hydrogen-bond donors (Lipinski definition) is 1. The Balaban J connectivity index is 1.69. The normalized spacial score (nSPS) is 12.0. The highest BCUT2D eigenvalue weighted by Gasteiger charge is 2.15. The molecule has 0 fully saturated rings. The molecule has 1 heterocycles. The van der Waals surface area contributed by atoms with Crippen molar-refractivity contribution in [1.82, 2.24) is 5.43 Å². The maximum atomic E-state index is 12.2. The van der Waals surface area contributed by atoms with E-state index in [4.69, 9.17) is 20.6 Å². The van der Waals surface area contributed by atoms with Gasteiger partial charge in [-0.05, 0) is 36.4 Å². The highest BCUT2D eigenvalue weighted by atomic mass is 79.9. The van der Waals surface area contributed by atoms with Gasteiger partial charge in [-0.15, -0.1) is 6.42 Å². The minimum absolute atomic E-state index is 0.145. The highest BCUT2D eigenvalue weighted by Crippen LogP contribution is 2.32. The molecule has 25 heavy (non-hydrogen) atoms. The maximum absolute atomic E-state index is 12.2. The topological polar surface area (TPSA) is 69.2 Å². The van der Waals surface area contributed by atoms with E-state index in [0.29, 0.717) is 28.4 Å². The average molecular weight is 401 g/mol. The second-order valence-electron chi connectivity index (χ2n) is 4.94. The van der Waals surface area contributed by atoms with Crippen molar-refractivity contribution in [2.24, 2.45) is 5.10 Å². The van der Waals surface area contributed by atoms with Gasteiger partial charge in [0, 0.05) is 15.6 Å². The number of fused-ring (bicyclic) bond motifs is 1. The van der Waals surface area contributed by atoms with Crippen molar-refractivity contribution in [3.8, 4) is 29.6 Å². The highest BCUT2D eigenvalue weighted by molar-refractivity contribution is 9.10. The van der Waals surface area contributed by atoms with Gasteiger partial charge in [-0.3, -0.25) is 4.79 Å². The van der Waals surface area contributed by atoms with Gasteiger partial charge in [0.1, 0.15) is 12.4 Å². The molecule has 0 spiro atoms. The molecular weight excluding hydrogens is 388 g/mol. The van der Waals surface area contributed by atoms with E-state index in [1.54, 1.807) is 24.3 Å². The van der Waals surface area contributed by atoms with E-state index in [-0.39, 0.29) is 19.3 Å². The molecule has 0 saturated heterocycles. The van der Waals surface area contributed by atoms with E-state index in [1.807, 2.05) is 12.1 Å². The van der Waals surface area contributed by atoms with Crippen LogP contribution < -0.4 is 19.6 Å². The quantitative estimate of drug-likeness (QED) is 0.475. The molecule has 0 aromatic heterocycles. The Hall–Kier alpha value is -2.98. The van der Waals surface area contributed by atoms with E-state index in [2.05, 4.69) is 32.4 Å². The minimum atomic E-state index is -0.365. The molecule has 2 aromatic carbocycles. The predicted molar refractivity (Wildman–Crippen MR) is 96.1 cm³/mol. The van der Waals surface area contributed by atoms with Crippen LogP contribution in [0.15, 0.2) is 46.0 Å². The lowest BCUT2D eigenvalue weighted by atomic mass is 10.2. The number of halogens is 1. The lowest BCUT2D eigenvalue weighted by Gasteiger charge is -2.06. The fraction of sp³-hybridized carbons (Fsp3) is 0.111. The van der Waals surface area contributed by atoms with Crippen LogP contribution in [0.3, 0.4) is 0 Å². The predicted octanol–water partition coefficient (Wildman–Crippen LogP) is 2.95. The number of amides is 1. The van der Waals surface area contributed by atoms with E-state index < -0.39 is 0 Å². The first-order valence-electron chi connectivity index (χ1n) is 7.26. The number of nitrogens with zero attached hydrogens (tertiary/aromatic N) is 1. The van der Waals surface area contributed by atoms with Gasteiger partial charge in [-0.2, -0.15) is 5.10 Å². The van der Waals surface area contributed by atoms with E-state index in [9.17, 15) is 4.79 Å². The summed E-state index contributed by atoms with van der Waals surface area (Å²) < 4.78 is 16.8. The van der Waals surface area contributed by atoms with Crippen molar-refractivity contribution in [2.45, 2.75) is 0 Å². The van der Waals surface area contributed by atoms with Crippen LogP contribution >= 0.6 is 15.9 Å². The molecular formula is C18H13BrN2O4. The lowest BCUT2D eigenvalue weighted by Crippen LogP contribution is -2.17. The molecule has 0 atom stereocenters. The molecule has 0 aliphatic carbocycles. The van der Waals surface area contributed by atoms with E-state index in [1.165, 1.54) is 6.21 Å². The number of terminal acetylenes is 1. The van der Waals surface area contributed by atoms with Gasteiger partial charge < -0.3 is 14.2 Å². The Morgan fingerprint density at radius 1 is 1.32 bits per heavy atom. The van der Waals surface area contributed by atoms with Crippen LogP contribution in [0.4, 0.5) is 0 Å².